The van der Waals surface area contributed by atoms with E-state index in [2.05, 4.69) is 10.6 Å². The van der Waals surface area contributed by atoms with E-state index in [9.17, 15) is 19.7 Å². The van der Waals surface area contributed by atoms with Crippen molar-refractivity contribution in [1.29, 1.82) is 0 Å². The van der Waals surface area contributed by atoms with E-state index in [1.54, 1.807) is 37.3 Å². The van der Waals surface area contributed by atoms with Crippen molar-refractivity contribution in [3.05, 3.63) is 63.7 Å². The number of benzene rings is 2. The molecule has 2 N–H and O–H groups in total. The molecule has 7 nitrogen and oxygen atoms in total. The summed E-state index contributed by atoms with van der Waals surface area (Å²) in [5.41, 5.74) is 1.75. The van der Waals surface area contributed by atoms with Crippen LogP contribution in [0.3, 0.4) is 0 Å². The molecule has 0 aliphatic rings. The second-order valence-electron chi connectivity index (χ2n) is 5.89. The minimum atomic E-state index is -0.485. The van der Waals surface area contributed by atoms with E-state index in [1.807, 2.05) is 6.92 Å². The number of nitro groups is 1. The Balaban J connectivity index is 2.06. The van der Waals surface area contributed by atoms with Gasteiger partial charge in [-0.25, -0.2) is 0 Å². The number of hydrogen-bond donors (Lipinski definition) is 2. The Bertz CT molecular complexity index is 816. The third kappa shape index (κ3) is 4.89. The molecule has 0 fully saturated rings. The van der Waals surface area contributed by atoms with Gasteiger partial charge in [-0.15, -0.1) is 0 Å². The number of amides is 2. The molecule has 0 aliphatic carbocycles. The highest BCUT2D eigenvalue weighted by Crippen LogP contribution is 2.25. The van der Waals surface area contributed by atoms with Gasteiger partial charge in [-0.2, -0.15) is 0 Å². The summed E-state index contributed by atoms with van der Waals surface area (Å²) in [7, 11) is 0. The number of nitrogens with one attached hydrogen (secondary N) is 2. The lowest BCUT2D eigenvalue weighted by molar-refractivity contribution is -0.385. The van der Waals surface area contributed by atoms with Crippen LogP contribution in [0.2, 0.25) is 0 Å². The summed E-state index contributed by atoms with van der Waals surface area (Å²) in [6, 6.07) is 11.0. The zero-order chi connectivity index (χ0) is 19.1. The standard InChI is InChI=1S/C19H21N3O4/c1-3-4-8-18(23)20-15-11-9-14(10-12-15)19(24)21-16-6-5-7-17(13(16)2)22(25)26/h5-7,9-12H,3-4,8H2,1-2H3,(H,20,23)(H,21,24). The number of carbonyl (C=O) groups excluding carboxylic acids is 2. The third-order valence-corrected chi connectivity index (χ3v) is 3.94. The molecule has 2 rings (SSSR count). The van der Waals surface area contributed by atoms with Crippen molar-refractivity contribution in [3.63, 3.8) is 0 Å². The van der Waals surface area contributed by atoms with Gasteiger partial charge in [0.2, 0.25) is 5.91 Å². The summed E-state index contributed by atoms with van der Waals surface area (Å²) in [6.07, 6.45) is 2.24. The lowest BCUT2D eigenvalue weighted by Crippen LogP contribution is -2.14. The van der Waals surface area contributed by atoms with Gasteiger partial charge in [0.25, 0.3) is 11.6 Å². The number of nitro benzene ring substituents is 1. The van der Waals surface area contributed by atoms with Gasteiger partial charge in [-0.3, -0.25) is 19.7 Å². The molecule has 136 valence electrons. The zero-order valence-electron chi connectivity index (χ0n) is 14.7. The zero-order valence-corrected chi connectivity index (χ0v) is 14.7. The summed E-state index contributed by atoms with van der Waals surface area (Å²) in [4.78, 5) is 34.6. The summed E-state index contributed by atoms with van der Waals surface area (Å²) >= 11 is 0. The molecule has 0 aromatic heterocycles. The molecule has 0 bridgehead atoms. The summed E-state index contributed by atoms with van der Waals surface area (Å²) < 4.78 is 0. The molecule has 0 radical (unpaired) electrons. The van der Waals surface area contributed by atoms with Gasteiger partial charge in [0.1, 0.15) is 0 Å². The number of rotatable bonds is 7. The molecular formula is C19H21N3O4. The van der Waals surface area contributed by atoms with Gasteiger partial charge in [-0.05, 0) is 43.7 Å². The maximum atomic E-state index is 12.4. The Morgan fingerprint density at radius 1 is 1.08 bits per heavy atom. The fourth-order valence-corrected chi connectivity index (χ4v) is 2.42. The highest BCUT2D eigenvalue weighted by molar-refractivity contribution is 6.05. The van der Waals surface area contributed by atoms with Crippen LogP contribution in [0.1, 0.15) is 42.1 Å². The molecule has 0 saturated heterocycles. The topological polar surface area (TPSA) is 101 Å². The summed E-state index contributed by atoms with van der Waals surface area (Å²) in [5.74, 6) is -0.436. The molecule has 0 spiro atoms. The van der Waals surface area contributed by atoms with Crippen LogP contribution in [-0.4, -0.2) is 16.7 Å². The first-order valence-corrected chi connectivity index (χ1v) is 8.37. The van der Waals surface area contributed by atoms with E-state index in [0.717, 1.165) is 12.8 Å². The predicted octanol–water partition coefficient (Wildman–Crippen LogP) is 4.28. The van der Waals surface area contributed by atoms with Crippen LogP contribution in [0.15, 0.2) is 42.5 Å². The van der Waals surface area contributed by atoms with E-state index in [4.69, 9.17) is 0 Å². The van der Waals surface area contributed by atoms with Crippen LogP contribution in [0.5, 0.6) is 0 Å². The first-order valence-electron chi connectivity index (χ1n) is 8.37. The van der Waals surface area contributed by atoms with E-state index >= 15 is 0 Å². The Morgan fingerprint density at radius 2 is 1.77 bits per heavy atom. The average molecular weight is 355 g/mol. The van der Waals surface area contributed by atoms with Gasteiger partial charge in [-0.1, -0.05) is 19.4 Å². The Kier molecular flexibility index (Phi) is 6.43. The lowest BCUT2D eigenvalue weighted by Gasteiger charge is -2.09. The molecular weight excluding hydrogens is 334 g/mol. The Hall–Kier alpha value is -3.22. The summed E-state index contributed by atoms with van der Waals surface area (Å²) in [5, 5.41) is 16.4. The van der Waals surface area contributed by atoms with Crippen molar-refractivity contribution in [1.82, 2.24) is 0 Å². The van der Waals surface area contributed by atoms with Crippen molar-refractivity contribution >= 4 is 28.9 Å². The second-order valence-corrected chi connectivity index (χ2v) is 5.89. The third-order valence-electron chi connectivity index (χ3n) is 3.94. The Labute approximate surface area is 151 Å². The fraction of sp³-hybridized carbons (Fsp3) is 0.263. The SMILES string of the molecule is CCCCC(=O)Nc1ccc(C(=O)Nc2cccc([N+](=O)[O-])c2C)cc1. The molecule has 0 aliphatic heterocycles. The van der Waals surface area contributed by atoms with Crippen molar-refractivity contribution < 1.29 is 14.5 Å². The number of unbranched alkanes of at least 4 members (excludes halogenated alkanes) is 1. The van der Waals surface area contributed by atoms with Crippen LogP contribution >= 0.6 is 0 Å². The lowest BCUT2D eigenvalue weighted by atomic mass is 10.1. The molecule has 0 saturated carbocycles. The highest BCUT2D eigenvalue weighted by atomic mass is 16.6. The highest BCUT2D eigenvalue weighted by Gasteiger charge is 2.15. The minimum Gasteiger partial charge on any atom is -0.326 e. The second kappa shape index (κ2) is 8.75. The largest absolute Gasteiger partial charge is 0.326 e. The first kappa shape index (κ1) is 19.1. The molecule has 26 heavy (non-hydrogen) atoms. The van der Waals surface area contributed by atoms with Gasteiger partial charge < -0.3 is 10.6 Å². The normalized spacial score (nSPS) is 10.2. The van der Waals surface area contributed by atoms with Crippen molar-refractivity contribution in [2.24, 2.45) is 0 Å². The quantitative estimate of drug-likeness (QED) is 0.571. The van der Waals surface area contributed by atoms with Gasteiger partial charge in [0, 0.05) is 23.7 Å². The molecule has 7 heteroatoms. The number of hydrogen-bond acceptors (Lipinski definition) is 4. The molecule has 2 aromatic carbocycles. The predicted molar refractivity (Wildman–Crippen MR) is 100 cm³/mol. The molecule has 2 aromatic rings. The van der Waals surface area contributed by atoms with Crippen LogP contribution in [0, 0.1) is 17.0 Å². The van der Waals surface area contributed by atoms with Crippen LogP contribution < -0.4 is 10.6 Å². The van der Waals surface area contributed by atoms with Crippen molar-refractivity contribution in [2.45, 2.75) is 33.1 Å². The van der Waals surface area contributed by atoms with Crippen LogP contribution in [-0.2, 0) is 4.79 Å². The van der Waals surface area contributed by atoms with E-state index in [-0.39, 0.29) is 17.5 Å². The first-order chi connectivity index (χ1) is 12.4. The van der Waals surface area contributed by atoms with Gasteiger partial charge in [0.15, 0.2) is 0 Å². The summed E-state index contributed by atoms with van der Waals surface area (Å²) in [6.45, 7) is 3.60. The van der Waals surface area contributed by atoms with E-state index in [0.29, 0.717) is 28.9 Å². The van der Waals surface area contributed by atoms with E-state index in [1.165, 1.54) is 12.1 Å². The maximum absolute atomic E-state index is 12.4. The van der Waals surface area contributed by atoms with Crippen LogP contribution in [0.4, 0.5) is 17.1 Å². The minimum absolute atomic E-state index is 0.0482. The van der Waals surface area contributed by atoms with Gasteiger partial charge >= 0.3 is 0 Å². The van der Waals surface area contributed by atoms with Crippen molar-refractivity contribution in [3.8, 4) is 0 Å². The maximum Gasteiger partial charge on any atom is 0.274 e. The smallest absolute Gasteiger partial charge is 0.274 e. The molecule has 0 atom stereocenters. The number of anilines is 2. The number of nitrogens with zero attached hydrogens (tertiary/aromatic N) is 1. The monoisotopic (exact) mass is 355 g/mol. The average Bonchev–Trinajstić information content (AvgIpc) is 2.62. The van der Waals surface area contributed by atoms with E-state index < -0.39 is 4.92 Å². The Morgan fingerprint density at radius 3 is 2.38 bits per heavy atom. The van der Waals surface area contributed by atoms with Crippen molar-refractivity contribution in [2.75, 3.05) is 10.6 Å². The molecule has 0 unspecified atom stereocenters. The molecule has 2 amide bonds. The fourth-order valence-electron chi connectivity index (χ4n) is 2.42. The van der Waals surface area contributed by atoms with Crippen LogP contribution in [0.25, 0.3) is 0 Å². The molecule has 0 heterocycles. The van der Waals surface area contributed by atoms with Gasteiger partial charge in [0.05, 0.1) is 16.2 Å². The number of carbonyl (C=O) groups is 2.